The van der Waals surface area contributed by atoms with Crippen molar-refractivity contribution in [2.24, 2.45) is 5.92 Å². The SMILES string of the molecule is CC(C)C1NC(=O)CN(Cc2ncon2)C1=O. The molecule has 2 rings (SSSR count). The molecule has 7 nitrogen and oxygen atoms in total. The van der Waals surface area contributed by atoms with Gasteiger partial charge < -0.3 is 14.7 Å². The molecule has 0 aliphatic carbocycles. The van der Waals surface area contributed by atoms with Crippen molar-refractivity contribution in [2.75, 3.05) is 6.54 Å². The predicted molar refractivity (Wildman–Crippen MR) is 56.5 cm³/mol. The van der Waals surface area contributed by atoms with Crippen LogP contribution in [0.1, 0.15) is 19.7 Å². The van der Waals surface area contributed by atoms with Crippen molar-refractivity contribution in [1.29, 1.82) is 0 Å². The summed E-state index contributed by atoms with van der Waals surface area (Å²) < 4.78 is 4.59. The van der Waals surface area contributed by atoms with Gasteiger partial charge in [0.25, 0.3) is 0 Å². The first kappa shape index (κ1) is 11.6. The van der Waals surface area contributed by atoms with Crippen molar-refractivity contribution >= 4 is 11.8 Å². The quantitative estimate of drug-likeness (QED) is 0.770. The molecule has 17 heavy (non-hydrogen) atoms. The first-order valence-corrected chi connectivity index (χ1v) is 5.41. The van der Waals surface area contributed by atoms with E-state index < -0.39 is 6.04 Å². The van der Waals surface area contributed by atoms with Gasteiger partial charge in [0.15, 0.2) is 5.82 Å². The second-order valence-corrected chi connectivity index (χ2v) is 4.33. The molecule has 1 atom stereocenters. The zero-order chi connectivity index (χ0) is 12.4. The standard InChI is InChI=1S/C10H14N4O3/c1-6(2)9-10(16)14(4-8(15)12-9)3-7-11-5-17-13-7/h5-6,9H,3-4H2,1-2H3,(H,12,15). The number of hydrogen-bond acceptors (Lipinski definition) is 5. The van der Waals surface area contributed by atoms with Gasteiger partial charge in [0.2, 0.25) is 18.2 Å². The number of rotatable bonds is 3. The van der Waals surface area contributed by atoms with Crippen molar-refractivity contribution < 1.29 is 14.1 Å². The van der Waals surface area contributed by atoms with Gasteiger partial charge in [-0.3, -0.25) is 9.59 Å². The summed E-state index contributed by atoms with van der Waals surface area (Å²) in [5, 5.41) is 6.31. The minimum absolute atomic E-state index is 0.0383. The molecule has 0 radical (unpaired) electrons. The molecule has 0 saturated carbocycles. The second-order valence-electron chi connectivity index (χ2n) is 4.33. The molecule has 1 N–H and O–H groups in total. The number of piperazine rings is 1. The van der Waals surface area contributed by atoms with Crippen LogP contribution in [0.4, 0.5) is 0 Å². The van der Waals surface area contributed by atoms with Gasteiger partial charge in [-0.05, 0) is 5.92 Å². The first-order valence-electron chi connectivity index (χ1n) is 5.41. The Hall–Kier alpha value is -1.92. The monoisotopic (exact) mass is 238 g/mol. The summed E-state index contributed by atoms with van der Waals surface area (Å²) in [4.78, 5) is 28.8. The minimum atomic E-state index is -0.469. The number of hydrogen-bond donors (Lipinski definition) is 1. The van der Waals surface area contributed by atoms with Gasteiger partial charge in [0.1, 0.15) is 12.6 Å². The lowest BCUT2D eigenvalue weighted by atomic mass is 10.0. The number of nitrogens with one attached hydrogen (secondary N) is 1. The fourth-order valence-corrected chi connectivity index (χ4v) is 1.75. The largest absolute Gasteiger partial charge is 0.343 e. The van der Waals surface area contributed by atoms with Gasteiger partial charge in [-0.25, -0.2) is 0 Å². The topological polar surface area (TPSA) is 88.3 Å². The lowest BCUT2D eigenvalue weighted by Gasteiger charge is -2.33. The van der Waals surface area contributed by atoms with E-state index in [0.717, 1.165) is 0 Å². The summed E-state index contributed by atoms with van der Waals surface area (Å²) in [7, 11) is 0. The Labute approximate surface area is 98.2 Å². The molecule has 1 aliphatic heterocycles. The molecule has 2 heterocycles. The average Bonchev–Trinajstić information content (AvgIpc) is 2.75. The van der Waals surface area contributed by atoms with Crippen LogP contribution in [0.5, 0.6) is 0 Å². The normalized spacial score (nSPS) is 20.9. The molecule has 2 amide bonds. The van der Waals surface area contributed by atoms with Crippen molar-refractivity contribution in [3.05, 3.63) is 12.2 Å². The van der Waals surface area contributed by atoms with Gasteiger partial charge in [-0.2, -0.15) is 4.98 Å². The Morgan fingerprint density at radius 3 is 2.94 bits per heavy atom. The maximum absolute atomic E-state index is 12.1. The third-order valence-electron chi connectivity index (χ3n) is 2.63. The molecule has 7 heteroatoms. The molecular weight excluding hydrogens is 224 g/mol. The Balaban J connectivity index is 2.10. The summed E-state index contributed by atoms with van der Waals surface area (Å²) in [5.41, 5.74) is 0. The third kappa shape index (κ3) is 2.43. The highest BCUT2D eigenvalue weighted by Gasteiger charge is 2.34. The molecule has 92 valence electrons. The summed E-state index contributed by atoms with van der Waals surface area (Å²) in [6.45, 7) is 4.02. The van der Waals surface area contributed by atoms with E-state index in [0.29, 0.717) is 5.82 Å². The average molecular weight is 238 g/mol. The van der Waals surface area contributed by atoms with Crippen LogP contribution in [0.3, 0.4) is 0 Å². The predicted octanol–water partition coefficient (Wildman–Crippen LogP) is -0.447. The number of carbonyl (C=O) groups excluding carboxylic acids is 2. The molecule has 1 fully saturated rings. The van der Waals surface area contributed by atoms with Crippen LogP contribution < -0.4 is 5.32 Å². The van der Waals surface area contributed by atoms with E-state index in [-0.39, 0.29) is 30.8 Å². The molecule has 1 aromatic heterocycles. The van der Waals surface area contributed by atoms with Crippen LogP contribution >= 0.6 is 0 Å². The lowest BCUT2D eigenvalue weighted by Crippen LogP contribution is -2.59. The van der Waals surface area contributed by atoms with E-state index in [1.165, 1.54) is 11.3 Å². The van der Waals surface area contributed by atoms with E-state index >= 15 is 0 Å². The maximum atomic E-state index is 12.1. The Bertz CT molecular complexity index is 415. The third-order valence-corrected chi connectivity index (χ3v) is 2.63. The molecule has 0 spiro atoms. The number of amides is 2. The molecule has 1 aliphatic rings. The Morgan fingerprint density at radius 2 is 2.35 bits per heavy atom. The summed E-state index contributed by atoms with van der Waals surface area (Å²) in [6, 6.07) is -0.469. The van der Waals surface area contributed by atoms with Crippen molar-refractivity contribution in [3.8, 4) is 0 Å². The highest BCUT2D eigenvalue weighted by molar-refractivity contribution is 5.94. The Kier molecular flexibility index (Phi) is 3.08. The summed E-state index contributed by atoms with van der Waals surface area (Å²) >= 11 is 0. The van der Waals surface area contributed by atoms with E-state index in [9.17, 15) is 9.59 Å². The van der Waals surface area contributed by atoms with Gasteiger partial charge in [0, 0.05) is 0 Å². The van der Waals surface area contributed by atoms with Crippen LogP contribution in [0.25, 0.3) is 0 Å². The van der Waals surface area contributed by atoms with Gasteiger partial charge >= 0.3 is 0 Å². The van der Waals surface area contributed by atoms with Crippen LogP contribution in [0.15, 0.2) is 10.9 Å². The highest BCUT2D eigenvalue weighted by Crippen LogP contribution is 2.12. The van der Waals surface area contributed by atoms with E-state index in [1.54, 1.807) is 0 Å². The fraction of sp³-hybridized carbons (Fsp3) is 0.600. The highest BCUT2D eigenvalue weighted by atomic mass is 16.5. The molecule has 1 aromatic rings. The summed E-state index contributed by atoms with van der Waals surface area (Å²) in [5.74, 6) is 0.186. The second kappa shape index (κ2) is 4.52. The molecule has 1 saturated heterocycles. The zero-order valence-electron chi connectivity index (χ0n) is 9.71. The molecule has 0 bridgehead atoms. The maximum Gasteiger partial charge on any atom is 0.246 e. The van der Waals surface area contributed by atoms with Crippen molar-refractivity contribution in [1.82, 2.24) is 20.4 Å². The number of aromatic nitrogens is 2. The van der Waals surface area contributed by atoms with E-state index in [2.05, 4.69) is 20.0 Å². The van der Waals surface area contributed by atoms with Crippen LogP contribution in [0.2, 0.25) is 0 Å². The fourth-order valence-electron chi connectivity index (χ4n) is 1.75. The zero-order valence-corrected chi connectivity index (χ0v) is 9.71. The van der Waals surface area contributed by atoms with Gasteiger partial charge in [0.05, 0.1) is 6.54 Å². The van der Waals surface area contributed by atoms with Gasteiger partial charge in [-0.1, -0.05) is 19.0 Å². The van der Waals surface area contributed by atoms with Crippen LogP contribution in [-0.2, 0) is 16.1 Å². The molecular formula is C10H14N4O3. The minimum Gasteiger partial charge on any atom is -0.343 e. The van der Waals surface area contributed by atoms with Crippen LogP contribution in [0, 0.1) is 5.92 Å². The summed E-state index contributed by atoms with van der Waals surface area (Å²) in [6.07, 6.45) is 1.20. The number of nitrogens with zero attached hydrogens (tertiary/aromatic N) is 3. The van der Waals surface area contributed by atoms with E-state index in [4.69, 9.17) is 0 Å². The number of carbonyl (C=O) groups is 2. The van der Waals surface area contributed by atoms with Crippen LogP contribution in [-0.4, -0.2) is 39.4 Å². The van der Waals surface area contributed by atoms with Crippen molar-refractivity contribution in [3.63, 3.8) is 0 Å². The molecule has 1 unspecified atom stereocenters. The van der Waals surface area contributed by atoms with E-state index in [1.807, 2.05) is 13.8 Å². The Morgan fingerprint density at radius 1 is 1.59 bits per heavy atom. The smallest absolute Gasteiger partial charge is 0.246 e. The van der Waals surface area contributed by atoms with Crippen molar-refractivity contribution in [2.45, 2.75) is 26.4 Å². The molecule has 0 aromatic carbocycles. The first-order chi connectivity index (χ1) is 8.08. The lowest BCUT2D eigenvalue weighted by molar-refractivity contribution is -0.146. The van der Waals surface area contributed by atoms with Gasteiger partial charge in [-0.15, -0.1) is 0 Å².